The van der Waals surface area contributed by atoms with E-state index in [-0.39, 0.29) is 16.7 Å². The van der Waals surface area contributed by atoms with E-state index in [1.54, 1.807) is 0 Å². The van der Waals surface area contributed by atoms with Crippen LogP contribution in [0, 0.1) is 0 Å². The van der Waals surface area contributed by atoms with Crippen molar-refractivity contribution in [3.8, 4) is 0 Å². The van der Waals surface area contributed by atoms with Crippen LogP contribution in [0.3, 0.4) is 0 Å². The van der Waals surface area contributed by atoms with Crippen molar-refractivity contribution in [3.63, 3.8) is 0 Å². The molecule has 0 unspecified atom stereocenters. The summed E-state index contributed by atoms with van der Waals surface area (Å²) < 4.78 is 26.5. The third-order valence-electron chi connectivity index (χ3n) is 4.25. The Hall–Kier alpha value is -1.41. The quantitative estimate of drug-likeness (QED) is 0.837. The first-order valence-electron chi connectivity index (χ1n) is 8.00. The van der Waals surface area contributed by atoms with E-state index in [9.17, 15) is 13.2 Å². The average Bonchev–Trinajstić information content (AvgIpc) is 3.02. The van der Waals surface area contributed by atoms with Gasteiger partial charge in [0.1, 0.15) is 4.21 Å². The minimum absolute atomic E-state index is 0.130. The predicted octanol–water partition coefficient (Wildman–Crippen LogP) is 3.54. The number of hydrogen-bond donors (Lipinski definition) is 1. The second kappa shape index (κ2) is 7.45. The molecule has 1 aromatic carbocycles. The number of thiophene rings is 1. The standard InChI is InChI=1S/C17H19ClN2O3S2/c1-20(25(22,23)17-10-9-15(18)24-17)11-16(21)19-14-8-4-6-12-5-2-3-7-13(12)14/h4,6,8-10H,2-3,5,7,11H2,1H3,(H,19,21). The molecule has 2 aromatic rings. The van der Waals surface area contributed by atoms with Crippen molar-refractivity contribution in [1.29, 1.82) is 0 Å². The van der Waals surface area contributed by atoms with E-state index in [1.165, 1.54) is 24.7 Å². The van der Waals surface area contributed by atoms with Crippen LogP contribution in [-0.2, 0) is 27.7 Å². The number of fused-ring (bicyclic) bond motifs is 1. The second-order valence-corrected chi connectivity index (χ2v) is 10.0. The molecular formula is C17H19ClN2O3S2. The van der Waals surface area contributed by atoms with Gasteiger partial charge in [0.05, 0.1) is 10.9 Å². The second-order valence-electron chi connectivity index (χ2n) is 6.02. The molecule has 1 amide bonds. The lowest BCUT2D eigenvalue weighted by Crippen LogP contribution is -2.34. The third kappa shape index (κ3) is 4.06. The Morgan fingerprint density at radius 3 is 2.72 bits per heavy atom. The number of carbonyl (C=O) groups is 1. The summed E-state index contributed by atoms with van der Waals surface area (Å²) in [5.74, 6) is -0.354. The lowest BCUT2D eigenvalue weighted by atomic mass is 9.90. The number of hydrogen-bond acceptors (Lipinski definition) is 4. The van der Waals surface area contributed by atoms with Gasteiger partial charge in [-0.05, 0) is 55.0 Å². The van der Waals surface area contributed by atoms with Gasteiger partial charge in [-0.3, -0.25) is 4.79 Å². The first-order chi connectivity index (χ1) is 11.9. The van der Waals surface area contributed by atoms with Gasteiger partial charge in [0.15, 0.2) is 0 Å². The van der Waals surface area contributed by atoms with E-state index in [1.807, 2.05) is 12.1 Å². The molecule has 0 fully saturated rings. The van der Waals surface area contributed by atoms with E-state index in [0.717, 1.165) is 52.6 Å². The first-order valence-corrected chi connectivity index (χ1v) is 10.6. The van der Waals surface area contributed by atoms with Gasteiger partial charge >= 0.3 is 0 Å². The molecule has 5 nitrogen and oxygen atoms in total. The molecule has 1 heterocycles. The van der Waals surface area contributed by atoms with Gasteiger partial charge in [-0.1, -0.05) is 23.7 Å². The molecule has 0 radical (unpaired) electrons. The summed E-state index contributed by atoms with van der Waals surface area (Å²) in [6.07, 6.45) is 4.22. The maximum absolute atomic E-state index is 12.5. The number of nitrogens with one attached hydrogen (secondary N) is 1. The lowest BCUT2D eigenvalue weighted by Gasteiger charge is -2.21. The van der Waals surface area contributed by atoms with Gasteiger partial charge < -0.3 is 5.32 Å². The molecule has 0 bridgehead atoms. The molecule has 0 spiro atoms. The molecule has 1 aromatic heterocycles. The molecule has 8 heteroatoms. The maximum Gasteiger partial charge on any atom is 0.252 e. The number of amides is 1. The molecule has 1 N–H and O–H groups in total. The Labute approximate surface area is 156 Å². The van der Waals surface area contributed by atoms with Gasteiger partial charge in [0.2, 0.25) is 5.91 Å². The minimum atomic E-state index is -3.72. The number of nitrogens with zero attached hydrogens (tertiary/aromatic N) is 1. The molecule has 1 aliphatic rings. The maximum atomic E-state index is 12.5. The highest BCUT2D eigenvalue weighted by Crippen LogP contribution is 2.29. The van der Waals surface area contributed by atoms with E-state index >= 15 is 0 Å². The summed E-state index contributed by atoms with van der Waals surface area (Å²) in [6.45, 7) is -0.248. The van der Waals surface area contributed by atoms with Crippen LogP contribution in [0.5, 0.6) is 0 Å². The Morgan fingerprint density at radius 2 is 2.00 bits per heavy atom. The van der Waals surface area contributed by atoms with E-state index in [0.29, 0.717) is 4.34 Å². The Morgan fingerprint density at radius 1 is 1.24 bits per heavy atom. The number of anilines is 1. The normalized spacial score (nSPS) is 14.4. The third-order valence-corrected chi connectivity index (χ3v) is 7.75. The molecule has 3 rings (SSSR count). The molecule has 0 saturated carbocycles. The summed E-state index contributed by atoms with van der Waals surface area (Å²) in [4.78, 5) is 12.4. The number of rotatable bonds is 5. The van der Waals surface area contributed by atoms with Crippen LogP contribution in [0.25, 0.3) is 0 Å². The zero-order valence-corrected chi connectivity index (χ0v) is 16.2. The zero-order chi connectivity index (χ0) is 18.0. The number of aryl methyl sites for hydroxylation is 1. The van der Waals surface area contributed by atoms with E-state index < -0.39 is 10.0 Å². The summed E-state index contributed by atoms with van der Waals surface area (Å²) in [5, 5.41) is 2.86. The van der Waals surface area contributed by atoms with Gasteiger partial charge in [0, 0.05) is 12.7 Å². The van der Waals surface area contributed by atoms with Gasteiger partial charge in [-0.2, -0.15) is 4.31 Å². The number of sulfonamides is 1. The highest BCUT2D eigenvalue weighted by Gasteiger charge is 2.25. The zero-order valence-electron chi connectivity index (χ0n) is 13.8. The summed E-state index contributed by atoms with van der Waals surface area (Å²) >= 11 is 6.78. The summed E-state index contributed by atoms with van der Waals surface area (Å²) in [5.41, 5.74) is 3.21. The van der Waals surface area contributed by atoms with Crippen LogP contribution >= 0.6 is 22.9 Å². The highest BCUT2D eigenvalue weighted by molar-refractivity contribution is 7.91. The van der Waals surface area contributed by atoms with Crippen LogP contribution in [0.4, 0.5) is 5.69 Å². The molecule has 134 valence electrons. The number of halogens is 1. The Balaban J connectivity index is 1.71. The SMILES string of the molecule is CN(CC(=O)Nc1cccc2c1CCCC2)S(=O)(=O)c1ccc(Cl)s1. The van der Waals surface area contributed by atoms with Crippen LogP contribution < -0.4 is 5.32 Å². The fourth-order valence-corrected chi connectivity index (χ4v) is 5.79. The molecular weight excluding hydrogens is 380 g/mol. The summed E-state index contributed by atoms with van der Waals surface area (Å²) in [6, 6.07) is 8.86. The van der Waals surface area contributed by atoms with Crippen LogP contribution in [0.2, 0.25) is 4.34 Å². The fraction of sp³-hybridized carbons (Fsp3) is 0.353. The fourth-order valence-electron chi connectivity index (χ4n) is 2.97. The lowest BCUT2D eigenvalue weighted by molar-refractivity contribution is -0.116. The van der Waals surface area contributed by atoms with E-state index in [2.05, 4.69) is 11.4 Å². The Bertz CT molecular complexity index is 893. The smallest absolute Gasteiger partial charge is 0.252 e. The van der Waals surface area contributed by atoms with Crippen molar-refractivity contribution in [2.45, 2.75) is 29.9 Å². The number of benzene rings is 1. The van der Waals surface area contributed by atoms with Crippen molar-refractivity contribution < 1.29 is 13.2 Å². The molecule has 25 heavy (non-hydrogen) atoms. The molecule has 0 aliphatic heterocycles. The number of carbonyl (C=O) groups excluding carboxylic acids is 1. The summed E-state index contributed by atoms with van der Waals surface area (Å²) in [7, 11) is -2.32. The van der Waals surface area contributed by atoms with Gasteiger partial charge in [-0.15, -0.1) is 11.3 Å². The van der Waals surface area contributed by atoms with Gasteiger partial charge in [0.25, 0.3) is 10.0 Å². The monoisotopic (exact) mass is 398 g/mol. The van der Waals surface area contributed by atoms with Gasteiger partial charge in [-0.25, -0.2) is 8.42 Å². The van der Waals surface area contributed by atoms with Crippen molar-refractivity contribution in [2.75, 3.05) is 18.9 Å². The van der Waals surface area contributed by atoms with Crippen LogP contribution in [0.15, 0.2) is 34.5 Å². The van der Waals surface area contributed by atoms with Crippen LogP contribution in [-0.4, -0.2) is 32.2 Å². The predicted molar refractivity (Wildman–Crippen MR) is 101 cm³/mol. The van der Waals surface area contributed by atoms with Crippen molar-refractivity contribution in [3.05, 3.63) is 45.8 Å². The topological polar surface area (TPSA) is 66.5 Å². The van der Waals surface area contributed by atoms with Crippen LogP contribution in [0.1, 0.15) is 24.0 Å². The Kier molecular flexibility index (Phi) is 5.48. The molecule has 1 aliphatic carbocycles. The first kappa shape index (κ1) is 18.4. The highest BCUT2D eigenvalue weighted by atomic mass is 35.5. The van der Waals surface area contributed by atoms with Crippen molar-refractivity contribution in [2.24, 2.45) is 0 Å². The van der Waals surface area contributed by atoms with E-state index in [4.69, 9.17) is 11.6 Å². The molecule has 0 atom stereocenters. The largest absolute Gasteiger partial charge is 0.325 e. The molecule has 0 saturated heterocycles. The minimum Gasteiger partial charge on any atom is -0.325 e. The number of likely N-dealkylation sites (N-methyl/N-ethyl adjacent to an activating group) is 1. The average molecular weight is 399 g/mol. The van der Waals surface area contributed by atoms with Crippen molar-refractivity contribution in [1.82, 2.24) is 4.31 Å². The van der Waals surface area contributed by atoms with Crippen molar-refractivity contribution >= 4 is 44.6 Å².